The highest BCUT2D eigenvalue weighted by atomic mass is 16.1. The van der Waals surface area contributed by atoms with Gasteiger partial charge in [0.05, 0.1) is 0 Å². The molecule has 2 fully saturated rings. The average Bonchev–Trinajstić information content (AvgIpc) is 3.24. The van der Waals surface area contributed by atoms with E-state index in [4.69, 9.17) is 0 Å². The first-order valence-corrected chi connectivity index (χ1v) is 10.5. The molecule has 0 bridgehead atoms. The molecule has 1 aromatic heterocycles. The van der Waals surface area contributed by atoms with Gasteiger partial charge in [0.1, 0.15) is 17.3 Å². The number of aromatic nitrogens is 2. The molecule has 1 amide bonds. The van der Waals surface area contributed by atoms with E-state index in [0.29, 0.717) is 17.6 Å². The zero-order valence-corrected chi connectivity index (χ0v) is 16.6. The number of anilines is 3. The standard InChI is InChI=1S/C22H29N5O/c1-16-23-20(15-21(24-16)25-17-7-3-2-4-8-17)22(28)26-18-9-11-19(12-10-18)27-13-5-6-14-27/h9-12,15,17H,2-8,13-14H2,1H3,(H,26,28)(H,23,24,25). The Bertz CT molecular complexity index is 808. The van der Waals surface area contributed by atoms with Gasteiger partial charge >= 0.3 is 0 Å². The van der Waals surface area contributed by atoms with E-state index in [9.17, 15) is 4.79 Å². The first-order chi connectivity index (χ1) is 13.7. The Hall–Kier alpha value is -2.63. The second kappa shape index (κ2) is 8.59. The number of nitrogens with zero attached hydrogens (tertiary/aromatic N) is 3. The largest absolute Gasteiger partial charge is 0.372 e. The number of hydrogen-bond donors (Lipinski definition) is 2. The first-order valence-electron chi connectivity index (χ1n) is 10.5. The van der Waals surface area contributed by atoms with E-state index in [2.05, 4.69) is 37.6 Å². The Balaban J connectivity index is 1.42. The molecule has 2 aromatic rings. The topological polar surface area (TPSA) is 70.2 Å². The van der Waals surface area contributed by atoms with Crippen molar-refractivity contribution in [3.63, 3.8) is 0 Å². The lowest BCUT2D eigenvalue weighted by Crippen LogP contribution is -2.24. The Morgan fingerprint density at radius 3 is 2.43 bits per heavy atom. The summed E-state index contributed by atoms with van der Waals surface area (Å²) in [6, 6.07) is 10.3. The molecule has 2 N–H and O–H groups in total. The second-order valence-electron chi connectivity index (χ2n) is 7.86. The van der Waals surface area contributed by atoms with Gasteiger partial charge in [0, 0.05) is 36.6 Å². The van der Waals surface area contributed by atoms with Crippen molar-refractivity contribution in [1.29, 1.82) is 0 Å². The number of carbonyl (C=O) groups excluding carboxylic acids is 1. The van der Waals surface area contributed by atoms with Crippen LogP contribution in [0.25, 0.3) is 0 Å². The third-order valence-corrected chi connectivity index (χ3v) is 5.62. The minimum atomic E-state index is -0.203. The monoisotopic (exact) mass is 379 g/mol. The van der Waals surface area contributed by atoms with Crippen molar-refractivity contribution in [2.75, 3.05) is 28.6 Å². The second-order valence-corrected chi connectivity index (χ2v) is 7.86. The van der Waals surface area contributed by atoms with Gasteiger partial charge in [0.2, 0.25) is 0 Å². The molecule has 0 atom stereocenters. The Labute approximate surface area is 166 Å². The summed E-state index contributed by atoms with van der Waals surface area (Å²) in [4.78, 5) is 23.9. The van der Waals surface area contributed by atoms with Crippen molar-refractivity contribution in [2.45, 2.75) is 57.9 Å². The fraction of sp³-hybridized carbons (Fsp3) is 0.500. The predicted octanol–water partition coefficient (Wildman–Crippen LogP) is 4.38. The molecular weight excluding hydrogens is 350 g/mol. The van der Waals surface area contributed by atoms with Gasteiger partial charge in [-0.15, -0.1) is 0 Å². The fourth-order valence-electron chi connectivity index (χ4n) is 4.14. The molecule has 1 aromatic carbocycles. The molecular formula is C22H29N5O. The number of hydrogen-bond acceptors (Lipinski definition) is 5. The number of rotatable bonds is 5. The lowest BCUT2D eigenvalue weighted by molar-refractivity contribution is 0.102. The molecule has 6 nitrogen and oxygen atoms in total. The van der Waals surface area contributed by atoms with Crippen molar-refractivity contribution in [3.05, 3.63) is 41.9 Å². The van der Waals surface area contributed by atoms with Crippen LogP contribution in [0.2, 0.25) is 0 Å². The van der Waals surface area contributed by atoms with Crippen molar-refractivity contribution in [1.82, 2.24) is 9.97 Å². The molecule has 148 valence electrons. The van der Waals surface area contributed by atoms with Crippen molar-refractivity contribution < 1.29 is 4.79 Å². The van der Waals surface area contributed by atoms with E-state index in [1.165, 1.54) is 37.8 Å². The van der Waals surface area contributed by atoms with E-state index >= 15 is 0 Å². The average molecular weight is 380 g/mol. The molecule has 2 heterocycles. The van der Waals surface area contributed by atoms with Gasteiger partial charge in [-0.3, -0.25) is 4.79 Å². The molecule has 1 aliphatic carbocycles. The van der Waals surface area contributed by atoms with Crippen molar-refractivity contribution >= 4 is 23.1 Å². The van der Waals surface area contributed by atoms with Gasteiger partial charge in [-0.1, -0.05) is 19.3 Å². The Kier molecular flexibility index (Phi) is 5.74. The van der Waals surface area contributed by atoms with E-state index in [0.717, 1.165) is 37.4 Å². The molecule has 28 heavy (non-hydrogen) atoms. The quantitative estimate of drug-likeness (QED) is 0.807. The molecule has 2 aliphatic rings. The lowest BCUT2D eigenvalue weighted by atomic mass is 9.95. The van der Waals surface area contributed by atoms with Gasteiger partial charge in [-0.2, -0.15) is 0 Å². The number of benzene rings is 1. The van der Waals surface area contributed by atoms with Crippen LogP contribution in [0.5, 0.6) is 0 Å². The van der Waals surface area contributed by atoms with Crippen LogP contribution in [-0.2, 0) is 0 Å². The number of nitrogens with one attached hydrogen (secondary N) is 2. The molecule has 1 aliphatic heterocycles. The van der Waals surface area contributed by atoms with Crippen LogP contribution in [0.4, 0.5) is 17.2 Å². The van der Waals surface area contributed by atoms with Crippen LogP contribution in [0.1, 0.15) is 61.3 Å². The van der Waals surface area contributed by atoms with Gasteiger partial charge in [-0.25, -0.2) is 9.97 Å². The maximum Gasteiger partial charge on any atom is 0.274 e. The van der Waals surface area contributed by atoms with Crippen LogP contribution in [0.15, 0.2) is 30.3 Å². The SMILES string of the molecule is Cc1nc(NC2CCCCC2)cc(C(=O)Nc2ccc(N3CCCC3)cc2)n1. The molecule has 0 unspecified atom stereocenters. The minimum Gasteiger partial charge on any atom is -0.372 e. The zero-order valence-electron chi connectivity index (χ0n) is 16.6. The fourth-order valence-corrected chi connectivity index (χ4v) is 4.14. The molecule has 1 saturated heterocycles. The summed E-state index contributed by atoms with van der Waals surface area (Å²) in [5.41, 5.74) is 2.40. The summed E-state index contributed by atoms with van der Waals surface area (Å²) in [5.74, 6) is 1.15. The normalized spacial score (nSPS) is 17.5. The lowest BCUT2D eigenvalue weighted by Gasteiger charge is -2.23. The highest BCUT2D eigenvalue weighted by Gasteiger charge is 2.17. The zero-order chi connectivity index (χ0) is 19.3. The summed E-state index contributed by atoms with van der Waals surface area (Å²) in [6.07, 6.45) is 8.64. The molecule has 1 saturated carbocycles. The highest BCUT2D eigenvalue weighted by molar-refractivity contribution is 6.03. The van der Waals surface area contributed by atoms with Crippen LogP contribution < -0.4 is 15.5 Å². The van der Waals surface area contributed by atoms with Gasteiger partial charge in [0.15, 0.2) is 0 Å². The predicted molar refractivity (Wildman–Crippen MR) is 113 cm³/mol. The summed E-state index contributed by atoms with van der Waals surface area (Å²) in [6.45, 7) is 4.05. The van der Waals surface area contributed by atoms with E-state index < -0.39 is 0 Å². The van der Waals surface area contributed by atoms with Crippen LogP contribution in [0, 0.1) is 6.92 Å². The maximum absolute atomic E-state index is 12.7. The number of amides is 1. The molecule has 0 spiro atoms. The first kappa shape index (κ1) is 18.7. The smallest absolute Gasteiger partial charge is 0.274 e. The van der Waals surface area contributed by atoms with E-state index in [1.54, 1.807) is 6.07 Å². The summed E-state index contributed by atoms with van der Waals surface area (Å²) < 4.78 is 0. The third-order valence-electron chi connectivity index (χ3n) is 5.62. The Morgan fingerprint density at radius 1 is 1.00 bits per heavy atom. The summed E-state index contributed by atoms with van der Waals surface area (Å²) >= 11 is 0. The highest BCUT2D eigenvalue weighted by Crippen LogP contribution is 2.23. The Morgan fingerprint density at radius 2 is 1.71 bits per heavy atom. The number of aryl methyl sites for hydroxylation is 1. The molecule has 0 radical (unpaired) electrons. The number of carbonyl (C=O) groups is 1. The van der Waals surface area contributed by atoms with Gasteiger partial charge < -0.3 is 15.5 Å². The van der Waals surface area contributed by atoms with Gasteiger partial charge in [0.25, 0.3) is 5.91 Å². The van der Waals surface area contributed by atoms with Crippen molar-refractivity contribution in [3.8, 4) is 0 Å². The van der Waals surface area contributed by atoms with Crippen LogP contribution >= 0.6 is 0 Å². The van der Waals surface area contributed by atoms with Crippen LogP contribution in [0.3, 0.4) is 0 Å². The maximum atomic E-state index is 12.7. The molecule has 4 rings (SSSR count). The van der Waals surface area contributed by atoms with E-state index in [1.807, 2.05) is 19.1 Å². The minimum absolute atomic E-state index is 0.203. The third kappa shape index (κ3) is 4.61. The van der Waals surface area contributed by atoms with Crippen LogP contribution in [-0.4, -0.2) is 35.0 Å². The van der Waals surface area contributed by atoms with Crippen molar-refractivity contribution in [2.24, 2.45) is 0 Å². The van der Waals surface area contributed by atoms with Gasteiger partial charge in [-0.05, 0) is 56.9 Å². The summed E-state index contributed by atoms with van der Waals surface area (Å²) in [7, 11) is 0. The summed E-state index contributed by atoms with van der Waals surface area (Å²) in [5, 5.41) is 6.44. The molecule has 6 heteroatoms. The van der Waals surface area contributed by atoms with E-state index in [-0.39, 0.29) is 5.91 Å².